The minimum Gasteiger partial charge on any atom is -0.462 e. The Hall–Kier alpha value is -0.790. The van der Waals surface area contributed by atoms with Gasteiger partial charge in [-0.25, -0.2) is 4.79 Å². The van der Waals surface area contributed by atoms with Gasteiger partial charge in [-0.2, -0.15) is 0 Å². The average Bonchev–Trinajstić information content (AvgIpc) is 2.33. The second-order valence-corrected chi connectivity index (χ2v) is 7.48. The fourth-order valence-corrected chi connectivity index (χ4v) is 5.07. The van der Waals surface area contributed by atoms with Gasteiger partial charge in [0.05, 0.1) is 6.61 Å². The Morgan fingerprint density at radius 1 is 1.28 bits per heavy atom. The van der Waals surface area contributed by atoms with E-state index in [0.29, 0.717) is 17.4 Å². The molecule has 0 spiro atoms. The number of carbonyl (C=O) groups is 1. The van der Waals surface area contributed by atoms with Crippen LogP contribution < -0.4 is 0 Å². The third-order valence-corrected chi connectivity index (χ3v) is 6.11. The summed E-state index contributed by atoms with van der Waals surface area (Å²) in [4.78, 5) is 11.3. The standard InChI is InChI=1S/C16H24O2/c1-4-14(17)18-10-16-7-11-5-12(8-16)15(2,3)13(6-11)9-16/h4,11-13H,1,5-10H2,2-3H3. The second-order valence-electron chi connectivity index (χ2n) is 7.48. The summed E-state index contributed by atoms with van der Waals surface area (Å²) in [6.07, 6.45) is 7.89. The van der Waals surface area contributed by atoms with E-state index in [1.165, 1.54) is 38.2 Å². The third-order valence-electron chi connectivity index (χ3n) is 6.11. The molecule has 0 aromatic carbocycles. The van der Waals surface area contributed by atoms with Crippen molar-refractivity contribution >= 4 is 5.97 Å². The highest BCUT2D eigenvalue weighted by Crippen LogP contribution is 2.66. The Bertz CT molecular complexity index is 365. The highest BCUT2D eigenvalue weighted by molar-refractivity contribution is 5.81. The predicted octanol–water partition coefficient (Wildman–Crippen LogP) is 3.57. The van der Waals surface area contributed by atoms with Crippen molar-refractivity contribution in [2.75, 3.05) is 6.61 Å². The topological polar surface area (TPSA) is 26.3 Å². The number of esters is 1. The molecule has 2 unspecified atom stereocenters. The van der Waals surface area contributed by atoms with Crippen LogP contribution >= 0.6 is 0 Å². The Labute approximate surface area is 110 Å². The lowest BCUT2D eigenvalue weighted by Crippen LogP contribution is -2.56. The van der Waals surface area contributed by atoms with Crippen molar-refractivity contribution < 1.29 is 9.53 Å². The molecule has 0 aliphatic heterocycles. The number of hydrogen-bond acceptors (Lipinski definition) is 2. The third kappa shape index (κ3) is 1.72. The number of ether oxygens (including phenoxy) is 1. The van der Waals surface area contributed by atoms with E-state index >= 15 is 0 Å². The van der Waals surface area contributed by atoms with E-state index < -0.39 is 0 Å². The maximum absolute atomic E-state index is 11.3. The highest BCUT2D eigenvalue weighted by atomic mass is 16.5. The fourth-order valence-electron chi connectivity index (χ4n) is 5.07. The molecule has 0 amide bonds. The van der Waals surface area contributed by atoms with Crippen LogP contribution in [-0.4, -0.2) is 12.6 Å². The molecular formula is C16H24O2. The van der Waals surface area contributed by atoms with Crippen molar-refractivity contribution in [2.24, 2.45) is 28.6 Å². The van der Waals surface area contributed by atoms with E-state index in [9.17, 15) is 4.79 Å². The lowest BCUT2D eigenvalue weighted by atomic mass is 9.42. The van der Waals surface area contributed by atoms with Crippen LogP contribution in [0.15, 0.2) is 12.7 Å². The van der Waals surface area contributed by atoms with E-state index in [1.807, 2.05) is 0 Å². The summed E-state index contributed by atoms with van der Waals surface area (Å²) in [6.45, 7) is 8.99. The first kappa shape index (κ1) is 12.3. The minimum atomic E-state index is -0.259. The van der Waals surface area contributed by atoms with E-state index in [0.717, 1.165) is 17.8 Å². The van der Waals surface area contributed by atoms with E-state index in [-0.39, 0.29) is 5.97 Å². The highest BCUT2D eigenvalue weighted by Gasteiger charge is 2.58. The summed E-state index contributed by atoms with van der Waals surface area (Å²) in [5, 5.41) is 0. The van der Waals surface area contributed by atoms with Crippen LogP contribution in [0.2, 0.25) is 0 Å². The summed E-state index contributed by atoms with van der Waals surface area (Å²) >= 11 is 0. The van der Waals surface area contributed by atoms with Crippen molar-refractivity contribution in [3.63, 3.8) is 0 Å². The van der Waals surface area contributed by atoms with Gasteiger partial charge in [-0.15, -0.1) is 0 Å². The maximum Gasteiger partial charge on any atom is 0.330 e. The van der Waals surface area contributed by atoms with Crippen LogP contribution in [0.3, 0.4) is 0 Å². The van der Waals surface area contributed by atoms with Crippen LogP contribution in [0, 0.1) is 28.6 Å². The van der Waals surface area contributed by atoms with Gasteiger partial charge in [-0.1, -0.05) is 20.4 Å². The molecule has 0 N–H and O–H groups in total. The number of rotatable bonds is 3. The van der Waals surface area contributed by atoms with Gasteiger partial charge in [0.25, 0.3) is 0 Å². The van der Waals surface area contributed by atoms with Crippen LogP contribution in [0.25, 0.3) is 0 Å². The number of carbonyl (C=O) groups excluding carboxylic acids is 1. The molecule has 4 rings (SSSR count). The summed E-state index contributed by atoms with van der Waals surface area (Å²) in [5.74, 6) is 2.31. The van der Waals surface area contributed by atoms with E-state index in [1.54, 1.807) is 0 Å². The monoisotopic (exact) mass is 248 g/mol. The first-order valence-electron chi connectivity index (χ1n) is 7.24. The van der Waals surface area contributed by atoms with Gasteiger partial charge in [0.15, 0.2) is 0 Å². The number of hydrogen-bond donors (Lipinski definition) is 0. The molecule has 0 aromatic heterocycles. The maximum atomic E-state index is 11.3. The summed E-state index contributed by atoms with van der Waals surface area (Å²) in [6, 6.07) is 0. The van der Waals surface area contributed by atoms with Crippen LogP contribution in [0.4, 0.5) is 0 Å². The zero-order valence-electron chi connectivity index (χ0n) is 11.6. The molecule has 2 heteroatoms. The zero-order chi connectivity index (χ0) is 13.0. The van der Waals surface area contributed by atoms with Gasteiger partial charge in [0.1, 0.15) is 0 Å². The molecule has 0 aromatic rings. The molecule has 4 aliphatic carbocycles. The van der Waals surface area contributed by atoms with Gasteiger partial charge in [0, 0.05) is 11.5 Å². The summed E-state index contributed by atoms with van der Waals surface area (Å²) in [7, 11) is 0. The smallest absolute Gasteiger partial charge is 0.330 e. The quantitative estimate of drug-likeness (QED) is 0.564. The van der Waals surface area contributed by atoms with Crippen molar-refractivity contribution in [3.05, 3.63) is 12.7 Å². The molecule has 2 atom stereocenters. The van der Waals surface area contributed by atoms with Crippen LogP contribution in [0.1, 0.15) is 46.0 Å². The average molecular weight is 248 g/mol. The first-order chi connectivity index (χ1) is 8.45. The Morgan fingerprint density at radius 3 is 2.44 bits per heavy atom. The van der Waals surface area contributed by atoms with Crippen molar-refractivity contribution in [2.45, 2.75) is 46.0 Å². The van der Waals surface area contributed by atoms with E-state index in [2.05, 4.69) is 20.4 Å². The molecule has 4 saturated carbocycles. The fraction of sp³-hybridized carbons (Fsp3) is 0.812. The lowest BCUT2D eigenvalue weighted by Gasteiger charge is -2.63. The SMILES string of the molecule is C=CC(=O)OCC12CC3CC(C1)C(C)(C)C(C3)C2. The Kier molecular flexibility index (Phi) is 2.62. The Morgan fingerprint density at radius 2 is 1.89 bits per heavy atom. The predicted molar refractivity (Wildman–Crippen MR) is 70.9 cm³/mol. The van der Waals surface area contributed by atoms with Crippen molar-refractivity contribution in [1.82, 2.24) is 0 Å². The van der Waals surface area contributed by atoms with Crippen molar-refractivity contribution in [3.8, 4) is 0 Å². The minimum absolute atomic E-state index is 0.259. The van der Waals surface area contributed by atoms with E-state index in [4.69, 9.17) is 4.74 Å². The second kappa shape index (κ2) is 3.85. The molecule has 100 valence electrons. The molecule has 18 heavy (non-hydrogen) atoms. The van der Waals surface area contributed by atoms with Gasteiger partial charge >= 0.3 is 5.97 Å². The van der Waals surface area contributed by atoms with Gasteiger partial charge in [0.2, 0.25) is 0 Å². The molecule has 0 radical (unpaired) electrons. The van der Waals surface area contributed by atoms with Gasteiger partial charge < -0.3 is 4.74 Å². The summed E-state index contributed by atoms with van der Waals surface area (Å²) in [5.41, 5.74) is 0.799. The van der Waals surface area contributed by atoms with Crippen molar-refractivity contribution in [1.29, 1.82) is 0 Å². The Balaban J connectivity index is 1.76. The summed E-state index contributed by atoms with van der Waals surface area (Å²) < 4.78 is 5.39. The molecule has 0 saturated heterocycles. The molecule has 2 nitrogen and oxygen atoms in total. The van der Waals surface area contributed by atoms with Gasteiger partial charge in [-0.05, 0) is 55.3 Å². The zero-order valence-corrected chi connectivity index (χ0v) is 11.6. The largest absolute Gasteiger partial charge is 0.462 e. The van der Waals surface area contributed by atoms with Crippen LogP contribution in [-0.2, 0) is 9.53 Å². The van der Waals surface area contributed by atoms with Crippen LogP contribution in [0.5, 0.6) is 0 Å². The molecule has 0 heterocycles. The molecular weight excluding hydrogens is 224 g/mol. The lowest BCUT2D eigenvalue weighted by molar-refractivity contribution is -0.168. The van der Waals surface area contributed by atoms with Gasteiger partial charge in [-0.3, -0.25) is 0 Å². The molecule has 4 bridgehead atoms. The first-order valence-corrected chi connectivity index (χ1v) is 7.24. The molecule has 4 fully saturated rings. The molecule has 4 aliphatic rings. The normalized spacial score (nSPS) is 43.8.